The molecule has 29 heavy (non-hydrogen) atoms. The van der Waals surface area contributed by atoms with Crippen molar-refractivity contribution < 1.29 is 17.9 Å². The molecule has 2 aromatic carbocycles. The lowest BCUT2D eigenvalue weighted by atomic mass is 10.0. The van der Waals surface area contributed by atoms with Crippen LogP contribution in [-0.4, -0.2) is 21.4 Å². The van der Waals surface area contributed by atoms with Gasteiger partial charge in [-0.1, -0.05) is 25.1 Å². The van der Waals surface area contributed by atoms with Gasteiger partial charge in [0.2, 0.25) is 0 Å². The molecule has 8 heteroatoms. The molecule has 0 aliphatic carbocycles. The summed E-state index contributed by atoms with van der Waals surface area (Å²) in [4.78, 5) is 12.6. The highest BCUT2D eigenvalue weighted by Crippen LogP contribution is 2.22. The van der Waals surface area contributed by atoms with Gasteiger partial charge in [-0.3, -0.25) is 9.52 Å². The van der Waals surface area contributed by atoms with Crippen LogP contribution < -0.4 is 14.8 Å². The van der Waals surface area contributed by atoms with Gasteiger partial charge in [-0.05, 0) is 59.8 Å². The topological polar surface area (TPSA) is 84.5 Å². The highest BCUT2D eigenvalue weighted by Gasteiger charge is 2.17. The molecule has 6 nitrogen and oxygen atoms in total. The van der Waals surface area contributed by atoms with E-state index >= 15 is 0 Å². The second-order valence-electron chi connectivity index (χ2n) is 6.32. The van der Waals surface area contributed by atoms with Gasteiger partial charge in [-0.2, -0.15) is 0 Å². The highest BCUT2D eigenvalue weighted by molar-refractivity contribution is 7.94. The molecule has 0 saturated heterocycles. The summed E-state index contributed by atoms with van der Waals surface area (Å²) >= 11 is 1.14. The summed E-state index contributed by atoms with van der Waals surface area (Å²) in [6, 6.07) is 17.0. The zero-order valence-corrected chi connectivity index (χ0v) is 17.7. The molecule has 1 aromatic heterocycles. The predicted molar refractivity (Wildman–Crippen MR) is 115 cm³/mol. The minimum atomic E-state index is -3.61. The van der Waals surface area contributed by atoms with Gasteiger partial charge in [0.15, 0.2) is 0 Å². The maximum Gasteiger partial charge on any atom is 0.271 e. The Morgan fingerprint density at radius 1 is 1.07 bits per heavy atom. The number of benzene rings is 2. The summed E-state index contributed by atoms with van der Waals surface area (Å²) in [6.45, 7) is 2.00. The molecule has 0 aliphatic heterocycles. The summed E-state index contributed by atoms with van der Waals surface area (Å²) in [5.74, 6) is 0.538. The van der Waals surface area contributed by atoms with E-state index in [1.165, 1.54) is 0 Å². The van der Waals surface area contributed by atoms with Crippen LogP contribution in [0.5, 0.6) is 5.75 Å². The first kappa shape index (κ1) is 20.9. The Labute approximate surface area is 174 Å². The maximum atomic E-state index is 12.6. The fraction of sp³-hybridized carbons (Fsp3) is 0.190. The molecule has 3 aromatic rings. The normalized spacial score (nSPS) is 12.2. The lowest BCUT2D eigenvalue weighted by Gasteiger charge is -2.18. The van der Waals surface area contributed by atoms with Gasteiger partial charge in [-0.25, -0.2) is 8.42 Å². The third-order valence-electron chi connectivity index (χ3n) is 4.39. The van der Waals surface area contributed by atoms with E-state index in [1.54, 1.807) is 48.9 Å². The quantitative estimate of drug-likeness (QED) is 0.553. The average Bonchev–Trinajstić information content (AvgIpc) is 3.28. The molecule has 152 valence electrons. The summed E-state index contributed by atoms with van der Waals surface area (Å²) in [5.41, 5.74) is 1.84. The van der Waals surface area contributed by atoms with E-state index in [2.05, 4.69) is 10.0 Å². The molecule has 1 atom stereocenters. The van der Waals surface area contributed by atoms with E-state index in [9.17, 15) is 13.2 Å². The highest BCUT2D eigenvalue weighted by atomic mass is 32.2. The molecule has 0 bridgehead atoms. The van der Waals surface area contributed by atoms with Crippen molar-refractivity contribution in [1.82, 2.24) is 5.32 Å². The molecular weight excluding hydrogens is 408 g/mol. The number of sulfonamides is 1. The maximum absolute atomic E-state index is 12.6. The second-order valence-corrected chi connectivity index (χ2v) is 9.18. The van der Waals surface area contributed by atoms with Gasteiger partial charge in [0.25, 0.3) is 15.9 Å². The van der Waals surface area contributed by atoms with Crippen LogP contribution in [-0.2, 0) is 10.0 Å². The van der Waals surface area contributed by atoms with Crippen LogP contribution in [0, 0.1) is 0 Å². The zero-order valence-electron chi connectivity index (χ0n) is 16.1. The van der Waals surface area contributed by atoms with E-state index in [0.717, 1.165) is 29.1 Å². The Balaban J connectivity index is 1.67. The summed E-state index contributed by atoms with van der Waals surface area (Å²) < 4.78 is 32.5. The minimum absolute atomic E-state index is 0.134. The molecule has 1 amide bonds. The Bertz CT molecular complexity index is 1050. The van der Waals surface area contributed by atoms with Crippen molar-refractivity contribution in [2.24, 2.45) is 0 Å². The van der Waals surface area contributed by atoms with Crippen molar-refractivity contribution in [2.75, 3.05) is 11.8 Å². The van der Waals surface area contributed by atoms with E-state index in [0.29, 0.717) is 11.3 Å². The van der Waals surface area contributed by atoms with Gasteiger partial charge < -0.3 is 10.1 Å². The molecule has 3 rings (SSSR count). The van der Waals surface area contributed by atoms with Crippen LogP contribution in [0.15, 0.2) is 70.3 Å². The van der Waals surface area contributed by atoms with Crippen molar-refractivity contribution in [3.05, 3.63) is 77.2 Å². The predicted octanol–water partition coefficient (Wildman–Crippen LogP) is 4.44. The van der Waals surface area contributed by atoms with Crippen molar-refractivity contribution in [3.63, 3.8) is 0 Å². The minimum Gasteiger partial charge on any atom is -0.497 e. The molecule has 0 saturated carbocycles. The van der Waals surface area contributed by atoms with Gasteiger partial charge in [0.1, 0.15) is 9.96 Å². The molecule has 0 aliphatic rings. The Morgan fingerprint density at radius 2 is 1.76 bits per heavy atom. The van der Waals surface area contributed by atoms with Crippen LogP contribution in [0.1, 0.15) is 35.3 Å². The molecule has 0 spiro atoms. The van der Waals surface area contributed by atoms with Gasteiger partial charge in [0, 0.05) is 11.3 Å². The van der Waals surface area contributed by atoms with Crippen molar-refractivity contribution in [1.29, 1.82) is 0 Å². The Hall–Kier alpha value is -2.84. The number of rotatable bonds is 8. The molecule has 0 fully saturated rings. The number of anilines is 1. The monoisotopic (exact) mass is 430 g/mol. The van der Waals surface area contributed by atoms with Gasteiger partial charge in [-0.15, -0.1) is 11.3 Å². The van der Waals surface area contributed by atoms with E-state index < -0.39 is 10.0 Å². The smallest absolute Gasteiger partial charge is 0.271 e. The largest absolute Gasteiger partial charge is 0.497 e. The summed E-state index contributed by atoms with van der Waals surface area (Å²) in [5, 5.41) is 4.71. The SMILES string of the molecule is CCC(NC(=O)c1ccc(NS(=O)(=O)c2cccs2)cc1)c1ccc(OC)cc1. The molecule has 1 unspecified atom stereocenters. The van der Waals surface area contributed by atoms with Crippen LogP contribution in [0.25, 0.3) is 0 Å². The third-order valence-corrected chi connectivity index (χ3v) is 7.17. The van der Waals surface area contributed by atoms with Crippen LogP contribution >= 0.6 is 11.3 Å². The third kappa shape index (κ3) is 5.16. The Kier molecular flexibility index (Phi) is 6.56. The van der Waals surface area contributed by atoms with E-state index in [4.69, 9.17) is 4.74 Å². The van der Waals surface area contributed by atoms with Gasteiger partial charge >= 0.3 is 0 Å². The number of hydrogen-bond acceptors (Lipinski definition) is 5. The van der Waals surface area contributed by atoms with Crippen molar-refractivity contribution in [2.45, 2.75) is 23.6 Å². The number of thiophene rings is 1. The molecular formula is C21H22N2O4S2. The van der Waals surface area contributed by atoms with Crippen LogP contribution in [0.4, 0.5) is 5.69 Å². The second kappa shape index (κ2) is 9.11. The lowest BCUT2D eigenvalue weighted by Crippen LogP contribution is -2.28. The molecule has 2 N–H and O–H groups in total. The van der Waals surface area contributed by atoms with Crippen LogP contribution in [0.3, 0.4) is 0 Å². The standard InChI is InChI=1S/C21H22N2O4S2/c1-3-19(15-8-12-18(27-2)13-9-15)22-21(24)16-6-10-17(11-7-16)23-29(25,26)20-5-4-14-28-20/h4-14,19,23H,3H2,1-2H3,(H,22,24). The zero-order chi connectivity index (χ0) is 20.9. The number of carbonyl (C=O) groups excluding carboxylic acids is 1. The Morgan fingerprint density at radius 3 is 2.31 bits per heavy atom. The number of carbonyl (C=O) groups is 1. The number of nitrogens with one attached hydrogen (secondary N) is 2. The number of amides is 1. The first-order valence-electron chi connectivity index (χ1n) is 9.04. The number of hydrogen-bond donors (Lipinski definition) is 2. The molecule has 1 heterocycles. The van der Waals surface area contributed by atoms with Crippen molar-refractivity contribution >= 4 is 33.0 Å². The lowest BCUT2D eigenvalue weighted by molar-refractivity contribution is 0.0935. The number of methoxy groups -OCH3 is 1. The number of ether oxygens (including phenoxy) is 1. The summed E-state index contributed by atoms with van der Waals surface area (Å²) in [7, 11) is -2.00. The van der Waals surface area contributed by atoms with Gasteiger partial charge in [0.05, 0.1) is 13.2 Å². The first-order valence-corrected chi connectivity index (χ1v) is 11.4. The van der Waals surface area contributed by atoms with E-state index in [-0.39, 0.29) is 16.2 Å². The van der Waals surface area contributed by atoms with E-state index in [1.807, 2.05) is 31.2 Å². The first-order chi connectivity index (χ1) is 13.9. The van der Waals surface area contributed by atoms with Crippen LogP contribution in [0.2, 0.25) is 0 Å². The average molecular weight is 431 g/mol. The molecule has 0 radical (unpaired) electrons. The fourth-order valence-electron chi connectivity index (χ4n) is 2.81. The van der Waals surface area contributed by atoms with Crippen molar-refractivity contribution in [3.8, 4) is 5.75 Å². The summed E-state index contributed by atoms with van der Waals surface area (Å²) in [6.07, 6.45) is 0.733. The fourth-order valence-corrected chi connectivity index (χ4v) is 4.86.